The molecule has 0 fully saturated rings. The van der Waals surface area contributed by atoms with Gasteiger partial charge in [0.1, 0.15) is 0 Å². The predicted molar refractivity (Wildman–Crippen MR) is 320 cm³/mol. The molecule has 0 aliphatic carbocycles. The van der Waals surface area contributed by atoms with Gasteiger partial charge in [-0.3, -0.25) is 0 Å². The Morgan fingerprint density at radius 1 is 0.280 bits per heavy atom. The van der Waals surface area contributed by atoms with Crippen molar-refractivity contribution in [3.05, 3.63) is 279 Å². The van der Waals surface area contributed by atoms with Crippen LogP contribution in [0.1, 0.15) is 0 Å². The summed E-state index contributed by atoms with van der Waals surface area (Å²) in [6.45, 7) is -0.0234. The highest BCUT2D eigenvalue weighted by Crippen LogP contribution is 2.51. The number of para-hydroxylation sites is 3. The van der Waals surface area contributed by atoms with E-state index in [4.69, 9.17) is 0 Å². The zero-order chi connectivity index (χ0) is 49.2. The van der Waals surface area contributed by atoms with E-state index in [2.05, 4.69) is 294 Å². The number of hydrogen-bond donors (Lipinski definition) is 0. The summed E-state index contributed by atoms with van der Waals surface area (Å²) in [6.07, 6.45) is 0. The van der Waals surface area contributed by atoms with E-state index in [1.54, 1.807) is 0 Å². The Bertz CT molecular complexity index is 4140. The van der Waals surface area contributed by atoms with Crippen LogP contribution in [0, 0.1) is 0 Å². The fourth-order valence-electron chi connectivity index (χ4n) is 13.6. The highest BCUT2D eigenvalue weighted by molar-refractivity contribution is 7.23. The van der Waals surface area contributed by atoms with Crippen LogP contribution in [-0.4, -0.2) is 14.8 Å². The molecule has 0 radical (unpaired) electrons. The topological polar surface area (TPSA) is 9.72 Å². The van der Waals surface area contributed by atoms with Crippen LogP contribution >= 0.6 is 0 Å². The average molecular weight is 968 g/mol. The molecule has 1 spiro atoms. The highest BCUT2D eigenvalue weighted by Gasteiger charge is 2.55. The molecule has 0 amide bonds. The summed E-state index contributed by atoms with van der Waals surface area (Å²) in [4.78, 5) is 7.75. The van der Waals surface area contributed by atoms with Crippen LogP contribution in [0.2, 0.25) is 0 Å². The van der Waals surface area contributed by atoms with Crippen molar-refractivity contribution in [3.63, 3.8) is 0 Å². The van der Waals surface area contributed by atoms with E-state index in [0.717, 1.165) is 17.1 Å². The minimum Gasteiger partial charge on any atom is -0.311 e. The van der Waals surface area contributed by atoms with Gasteiger partial charge in [0.2, 0.25) is 0 Å². The van der Waals surface area contributed by atoms with Gasteiger partial charge in [0.05, 0.1) is 5.69 Å². The van der Waals surface area contributed by atoms with Crippen molar-refractivity contribution in [2.75, 3.05) is 14.7 Å². The molecule has 3 nitrogen and oxygen atoms in total. The van der Waals surface area contributed by atoms with Crippen LogP contribution in [0.3, 0.4) is 0 Å². The lowest BCUT2D eigenvalue weighted by Crippen LogP contribution is -2.75. The first-order valence-electron chi connectivity index (χ1n) is 26.1. The standard InChI is InChI=1S/C70H46BN3Si/c1-5-21-47(22-6-1)50-38-41-61-67(43-50)75(65-35-19-15-31-56(65)57-32-16-20-36-66(57)75)68-44-51(48-23-7-2-8-24-48)39-42-62(68)73(61)54-45-63-69-64(46-54)74(53-28-11-4-12-29-53)70-55-30-14-13-25-49(55)37-40-59(70)71(69)58-33-17-18-34-60(58)72(63)52-26-9-3-10-27-52/h1-46H. The Kier molecular flexibility index (Phi) is 9.15. The Labute approximate surface area is 438 Å². The van der Waals surface area contributed by atoms with Crippen molar-refractivity contribution in [2.24, 2.45) is 0 Å². The van der Waals surface area contributed by atoms with Gasteiger partial charge < -0.3 is 14.7 Å². The Morgan fingerprint density at radius 3 is 1.37 bits per heavy atom. The van der Waals surface area contributed by atoms with Gasteiger partial charge in [0.25, 0.3) is 6.71 Å². The van der Waals surface area contributed by atoms with Gasteiger partial charge >= 0.3 is 0 Å². The normalized spacial score (nSPS) is 13.9. The summed E-state index contributed by atoms with van der Waals surface area (Å²) < 4.78 is 0. The van der Waals surface area contributed by atoms with Crippen molar-refractivity contribution in [1.29, 1.82) is 0 Å². The van der Waals surface area contributed by atoms with Gasteiger partial charge in [0, 0.05) is 50.9 Å². The fourth-order valence-corrected chi connectivity index (χ4v) is 19.2. The summed E-state index contributed by atoms with van der Waals surface area (Å²) >= 11 is 0. The number of fused-ring (bicyclic) bond motifs is 15. The SMILES string of the molecule is c1ccc(-c2ccc3c(c2)[Si]2(c4ccccc4-c4ccccc42)c2cc(-c4ccccc4)ccc2N3c2cc3c4c(c2)N(c2ccccc2)c2c(ccc5ccccc25)B4c2ccccc2N3c2ccccc2)cc1. The summed E-state index contributed by atoms with van der Waals surface area (Å²) in [5, 5.41) is 8.13. The van der Waals surface area contributed by atoms with E-state index in [-0.39, 0.29) is 6.71 Å². The quantitative estimate of drug-likeness (QED) is 0.159. The second-order valence-corrected chi connectivity index (χ2v) is 24.0. The highest BCUT2D eigenvalue weighted by atomic mass is 28.3. The van der Waals surface area contributed by atoms with E-state index in [1.807, 2.05) is 0 Å². The summed E-state index contributed by atoms with van der Waals surface area (Å²) in [6, 6.07) is 105. The molecular formula is C70H46BN3Si. The molecule has 12 aromatic rings. The molecular weight excluding hydrogens is 922 g/mol. The monoisotopic (exact) mass is 967 g/mol. The number of nitrogens with zero attached hydrogens (tertiary/aromatic N) is 3. The van der Waals surface area contributed by atoms with E-state index in [0.29, 0.717) is 0 Å². The molecule has 0 unspecified atom stereocenters. The maximum atomic E-state index is 2.63. The van der Waals surface area contributed by atoms with Gasteiger partial charge in [-0.1, -0.05) is 224 Å². The summed E-state index contributed by atoms with van der Waals surface area (Å²) in [7, 11) is -3.08. The smallest absolute Gasteiger partial charge is 0.252 e. The van der Waals surface area contributed by atoms with Crippen molar-refractivity contribution in [2.45, 2.75) is 0 Å². The third kappa shape index (κ3) is 5.98. The van der Waals surface area contributed by atoms with Gasteiger partial charge in [-0.05, 0) is 130 Å². The number of anilines is 9. The molecule has 4 aliphatic rings. The molecule has 4 aliphatic heterocycles. The third-order valence-corrected chi connectivity index (χ3v) is 21.5. The van der Waals surface area contributed by atoms with Crippen molar-refractivity contribution >= 4 is 114 Å². The van der Waals surface area contributed by atoms with E-state index < -0.39 is 8.07 Å². The first-order chi connectivity index (χ1) is 37.2. The van der Waals surface area contributed by atoms with Crippen molar-refractivity contribution in [3.8, 4) is 33.4 Å². The maximum absolute atomic E-state index is 3.08. The lowest BCUT2D eigenvalue weighted by atomic mass is 9.33. The molecule has 0 atom stereocenters. The first kappa shape index (κ1) is 42.1. The van der Waals surface area contributed by atoms with Gasteiger partial charge in [0.15, 0.2) is 8.07 Å². The Hall–Kier alpha value is -9.42. The largest absolute Gasteiger partial charge is 0.311 e. The lowest BCUT2D eigenvalue weighted by Gasteiger charge is -2.47. The van der Waals surface area contributed by atoms with Crippen LogP contribution in [0.5, 0.6) is 0 Å². The lowest BCUT2D eigenvalue weighted by molar-refractivity contribution is 1.23. The third-order valence-electron chi connectivity index (χ3n) is 16.6. The Balaban J connectivity index is 1.06. The molecule has 12 aromatic carbocycles. The minimum absolute atomic E-state index is 0.0234. The van der Waals surface area contributed by atoms with Gasteiger partial charge in [-0.25, -0.2) is 0 Å². The molecule has 0 aromatic heterocycles. The zero-order valence-corrected chi connectivity index (χ0v) is 42.0. The van der Waals surface area contributed by atoms with Crippen LogP contribution in [0.4, 0.5) is 51.2 Å². The number of hydrogen-bond acceptors (Lipinski definition) is 3. The Morgan fingerprint density at radius 2 is 0.760 bits per heavy atom. The molecule has 0 saturated heterocycles. The van der Waals surface area contributed by atoms with E-state index in [9.17, 15) is 0 Å². The molecule has 0 bridgehead atoms. The average Bonchev–Trinajstić information content (AvgIpc) is 3.81. The summed E-state index contributed by atoms with van der Waals surface area (Å²) in [5.74, 6) is 0. The zero-order valence-electron chi connectivity index (χ0n) is 41.0. The molecule has 16 rings (SSSR count). The molecule has 0 N–H and O–H groups in total. The van der Waals surface area contributed by atoms with Gasteiger partial charge in [-0.2, -0.15) is 0 Å². The van der Waals surface area contributed by atoms with E-state index >= 15 is 0 Å². The van der Waals surface area contributed by atoms with Crippen molar-refractivity contribution < 1.29 is 0 Å². The van der Waals surface area contributed by atoms with Gasteiger partial charge in [-0.15, -0.1) is 0 Å². The number of rotatable bonds is 5. The minimum atomic E-state index is -3.08. The second-order valence-electron chi connectivity index (χ2n) is 20.3. The second kappa shape index (κ2) is 16.3. The fraction of sp³-hybridized carbons (Fsp3) is 0. The molecule has 75 heavy (non-hydrogen) atoms. The molecule has 5 heteroatoms. The first-order valence-corrected chi connectivity index (χ1v) is 28.1. The van der Waals surface area contributed by atoms with Crippen LogP contribution in [0.15, 0.2) is 279 Å². The molecule has 348 valence electrons. The molecule has 4 heterocycles. The van der Waals surface area contributed by atoms with Crippen LogP contribution < -0.4 is 51.8 Å². The van der Waals surface area contributed by atoms with Crippen LogP contribution in [0.25, 0.3) is 44.2 Å². The van der Waals surface area contributed by atoms with E-state index in [1.165, 1.54) is 115 Å². The number of benzene rings is 12. The van der Waals surface area contributed by atoms with Crippen molar-refractivity contribution in [1.82, 2.24) is 0 Å². The predicted octanol–water partition coefficient (Wildman–Crippen LogP) is 13.4. The molecule has 0 saturated carbocycles. The maximum Gasteiger partial charge on any atom is 0.252 e. The summed E-state index contributed by atoms with van der Waals surface area (Å²) in [5.41, 5.74) is 22.0. The van der Waals surface area contributed by atoms with Crippen LogP contribution in [-0.2, 0) is 0 Å².